The van der Waals surface area contributed by atoms with Crippen LogP contribution in [0.2, 0.25) is 0 Å². The minimum atomic E-state index is 0.115. The van der Waals surface area contributed by atoms with Crippen LogP contribution < -0.4 is 9.47 Å². The summed E-state index contributed by atoms with van der Waals surface area (Å²) in [5, 5.41) is 10.7. The molecule has 2 aliphatic rings. The highest BCUT2D eigenvalue weighted by Crippen LogP contribution is 2.56. The predicted octanol–water partition coefficient (Wildman–Crippen LogP) is 3.16. The van der Waals surface area contributed by atoms with Crippen molar-refractivity contribution in [2.75, 3.05) is 27.8 Å². The molecule has 0 saturated carbocycles. The summed E-state index contributed by atoms with van der Waals surface area (Å²) in [5.41, 5.74) is 5.86. The van der Waals surface area contributed by atoms with E-state index in [9.17, 15) is 5.11 Å². The van der Waals surface area contributed by atoms with Crippen molar-refractivity contribution >= 4 is 0 Å². The topological polar surface area (TPSA) is 41.9 Å². The second kappa shape index (κ2) is 5.17. The fourth-order valence-electron chi connectivity index (χ4n) is 4.13. The summed E-state index contributed by atoms with van der Waals surface area (Å²) in [6, 6.07) is 8.69. The zero-order valence-corrected chi connectivity index (χ0v) is 13.7. The molecule has 0 amide bonds. The first-order valence-electron chi connectivity index (χ1n) is 7.95. The first kappa shape index (κ1) is 14.4. The molecule has 120 valence electrons. The van der Waals surface area contributed by atoms with Crippen molar-refractivity contribution in [2.45, 2.75) is 18.9 Å². The monoisotopic (exact) mass is 311 g/mol. The Kier molecular flexibility index (Phi) is 3.23. The van der Waals surface area contributed by atoms with E-state index in [4.69, 9.17) is 9.47 Å². The van der Waals surface area contributed by atoms with Gasteiger partial charge in [0.2, 0.25) is 5.75 Å². The molecule has 4 heteroatoms. The third kappa shape index (κ3) is 1.88. The Morgan fingerprint density at radius 3 is 2.61 bits per heavy atom. The quantitative estimate of drug-likeness (QED) is 0.925. The summed E-state index contributed by atoms with van der Waals surface area (Å²) in [4.78, 5) is 2.39. The van der Waals surface area contributed by atoms with Crippen LogP contribution in [0.5, 0.6) is 17.2 Å². The zero-order valence-electron chi connectivity index (χ0n) is 13.7. The average Bonchev–Trinajstić information content (AvgIpc) is 2.57. The third-order valence-electron chi connectivity index (χ3n) is 5.21. The highest BCUT2D eigenvalue weighted by Gasteiger charge is 2.38. The molecule has 23 heavy (non-hydrogen) atoms. The number of phenols is 1. The molecule has 0 fully saturated rings. The van der Waals surface area contributed by atoms with E-state index in [2.05, 4.69) is 30.1 Å². The van der Waals surface area contributed by atoms with E-state index in [1.165, 1.54) is 11.1 Å². The number of ether oxygens (including phenoxy) is 2. The number of nitrogens with zero attached hydrogens (tertiary/aromatic N) is 1. The number of likely N-dealkylation sites (N-methyl/N-ethyl adjacent to an activating group) is 1. The summed E-state index contributed by atoms with van der Waals surface area (Å²) in [5.74, 6) is 1.20. The molecule has 1 heterocycles. The molecule has 2 aromatic carbocycles. The molecule has 1 aliphatic heterocycles. The fraction of sp³-hybridized carbons (Fsp3) is 0.368. The van der Waals surface area contributed by atoms with Crippen LogP contribution in [-0.2, 0) is 12.8 Å². The maximum atomic E-state index is 10.7. The van der Waals surface area contributed by atoms with Crippen molar-refractivity contribution in [2.24, 2.45) is 0 Å². The molecule has 4 rings (SSSR count). The zero-order chi connectivity index (χ0) is 16.1. The van der Waals surface area contributed by atoms with Crippen LogP contribution in [0.1, 0.15) is 22.7 Å². The second-order valence-corrected chi connectivity index (χ2v) is 6.29. The van der Waals surface area contributed by atoms with E-state index in [0.29, 0.717) is 17.5 Å². The van der Waals surface area contributed by atoms with Crippen LogP contribution in [0.3, 0.4) is 0 Å². The van der Waals surface area contributed by atoms with E-state index < -0.39 is 0 Å². The van der Waals surface area contributed by atoms with Gasteiger partial charge in [0.1, 0.15) is 0 Å². The Balaban J connectivity index is 2.13. The number of benzene rings is 2. The molecular weight excluding hydrogens is 290 g/mol. The standard InChI is InChI=1S/C19H21NO3/c1-20-9-8-13-15-14(20)10-11-6-4-5-7-12(11)16(15)19(23-3)17(21)18(13)22-2/h4-7,14,21H,8-10H2,1-3H3. The van der Waals surface area contributed by atoms with Gasteiger partial charge in [-0.2, -0.15) is 0 Å². The molecule has 0 aromatic heterocycles. The van der Waals surface area contributed by atoms with Crippen LogP contribution in [0.4, 0.5) is 0 Å². The van der Waals surface area contributed by atoms with E-state index in [1.807, 2.05) is 6.07 Å². The van der Waals surface area contributed by atoms with Crippen LogP contribution in [0.25, 0.3) is 11.1 Å². The molecule has 0 saturated heterocycles. The Bertz CT molecular complexity index is 785. The van der Waals surface area contributed by atoms with Gasteiger partial charge >= 0.3 is 0 Å². The average molecular weight is 311 g/mol. The third-order valence-corrected chi connectivity index (χ3v) is 5.21. The maximum Gasteiger partial charge on any atom is 0.201 e. The molecule has 0 bridgehead atoms. The maximum absolute atomic E-state index is 10.7. The van der Waals surface area contributed by atoms with Crippen molar-refractivity contribution in [3.8, 4) is 28.4 Å². The Morgan fingerprint density at radius 1 is 1.13 bits per heavy atom. The van der Waals surface area contributed by atoms with Crippen molar-refractivity contribution < 1.29 is 14.6 Å². The number of rotatable bonds is 2. The Labute approximate surface area is 136 Å². The van der Waals surface area contributed by atoms with Gasteiger partial charge in [0, 0.05) is 23.7 Å². The molecule has 2 aromatic rings. The lowest BCUT2D eigenvalue weighted by molar-refractivity contribution is 0.223. The lowest BCUT2D eigenvalue weighted by Gasteiger charge is -2.41. The van der Waals surface area contributed by atoms with Gasteiger partial charge < -0.3 is 14.6 Å². The van der Waals surface area contributed by atoms with Crippen molar-refractivity contribution in [1.29, 1.82) is 0 Å². The summed E-state index contributed by atoms with van der Waals surface area (Å²) < 4.78 is 11.1. The van der Waals surface area contributed by atoms with E-state index in [0.717, 1.165) is 36.1 Å². The van der Waals surface area contributed by atoms with Crippen LogP contribution in [0, 0.1) is 0 Å². The van der Waals surface area contributed by atoms with Gasteiger partial charge in [-0.15, -0.1) is 0 Å². The summed E-state index contributed by atoms with van der Waals surface area (Å²) in [6.07, 6.45) is 1.85. The first-order chi connectivity index (χ1) is 11.2. The normalized spacial score (nSPS) is 19.0. The summed E-state index contributed by atoms with van der Waals surface area (Å²) in [6.45, 7) is 0.960. The number of aromatic hydroxyl groups is 1. The predicted molar refractivity (Wildman–Crippen MR) is 89.4 cm³/mol. The van der Waals surface area contributed by atoms with Gasteiger partial charge in [-0.25, -0.2) is 0 Å². The minimum absolute atomic E-state index is 0.115. The lowest BCUT2D eigenvalue weighted by atomic mass is 9.76. The number of phenolic OH excluding ortho intramolecular Hbond substituents is 1. The largest absolute Gasteiger partial charge is 0.502 e. The summed E-state index contributed by atoms with van der Waals surface area (Å²) >= 11 is 0. The number of methoxy groups -OCH3 is 2. The first-order valence-corrected chi connectivity index (χ1v) is 7.95. The molecular formula is C19H21NO3. The van der Waals surface area contributed by atoms with Crippen LogP contribution in [-0.4, -0.2) is 37.8 Å². The van der Waals surface area contributed by atoms with Gasteiger partial charge in [-0.05, 0) is 36.6 Å². The molecule has 1 unspecified atom stereocenters. The van der Waals surface area contributed by atoms with Gasteiger partial charge in [0.05, 0.1) is 14.2 Å². The number of hydrogen-bond acceptors (Lipinski definition) is 4. The number of fused-ring (bicyclic) bond motifs is 2. The molecule has 1 aliphatic carbocycles. The molecule has 1 atom stereocenters. The molecule has 0 spiro atoms. The molecule has 4 nitrogen and oxygen atoms in total. The second-order valence-electron chi connectivity index (χ2n) is 6.29. The van der Waals surface area contributed by atoms with Crippen molar-refractivity contribution in [3.63, 3.8) is 0 Å². The lowest BCUT2D eigenvalue weighted by Crippen LogP contribution is -2.36. The number of hydrogen-bond donors (Lipinski definition) is 1. The Hall–Kier alpha value is -2.20. The minimum Gasteiger partial charge on any atom is -0.502 e. The van der Waals surface area contributed by atoms with Gasteiger partial charge in [0.25, 0.3) is 0 Å². The molecule has 1 N–H and O–H groups in total. The van der Waals surface area contributed by atoms with Crippen molar-refractivity contribution in [1.82, 2.24) is 4.90 Å². The van der Waals surface area contributed by atoms with Crippen molar-refractivity contribution in [3.05, 3.63) is 41.0 Å². The van der Waals surface area contributed by atoms with Gasteiger partial charge in [-0.1, -0.05) is 24.3 Å². The highest BCUT2D eigenvalue weighted by molar-refractivity contribution is 5.85. The van der Waals surface area contributed by atoms with Gasteiger partial charge in [-0.3, -0.25) is 4.90 Å². The van der Waals surface area contributed by atoms with E-state index in [-0.39, 0.29) is 5.75 Å². The van der Waals surface area contributed by atoms with Crippen LogP contribution >= 0.6 is 0 Å². The smallest absolute Gasteiger partial charge is 0.201 e. The van der Waals surface area contributed by atoms with E-state index in [1.54, 1.807) is 14.2 Å². The molecule has 0 radical (unpaired) electrons. The summed E-state index contributed by atoms with van der Waals surface area (Å²) in [7, 11) is 5.38. The highest BCUT2D eigenvalue weighted by atomic mass is 16.5. The Morgan fingerprint density at radius 2 is 1.87 bits per heavy atom. The fourth-order valence-corrected chi connectivity index (χ4v) is 4.13. The SMILES string of the molecule is COc1c(O)c(OC)c2c3c1CCN(C)C3Cc1ccccc1-2. The van der Waals surface area contributed by atoms with Crippen LogP contribution in [0.15, 0.2) is 24.3 Å². The van der Waals surface area contributed by atoms with E-state index >= 15 is 0 Å². The van der Waals surface area contributed by atoms with Gasteiger partial charge in [0.15, 0.2) is 11.5 Å².